The zero-order chi connectivity index (χ0) is 19.4. The molecular weight excluding hydrogens is 417 g/mol. The van der Waals surface area contributed by atoms with E-state index in [1.54, 1.807) is 34.2 Å². The van der Waals surface area contributed by atoms with Crippen molar-refractivity contribution < 1.29 is 14.0 Å². The molecule has 0 saturated carbocycles. The maximum atomic E-state index is 13.9. The summed E-state index contributed by atoms with van der Waals surface area (Å²) in [5.74, 6) is -1.10. The second kappa shape index (κ2) is 8.47. The minimum Gasteiger partial charge on any atom is -0.339 e. The SMILES string of the molecule is O=C(Cn1cc(Br)ccc1=O)N1CCCN(C(=O)c2ccccc2F)CC1. The fourth-order valence-corrected chi connectivity index (χ4v) is 3.43. The summed E-state index contributed by atoms with van der Waals surface area (Å²) in [5.41, 5.74) is -0.212. The number of nitrogens with zero attached hydrogens (tertiary/aromatic N) is 3. The van der Waals surface area contributed by atoms with Gasteiger partial charge in [-0.1, -0.05) is 12.1 Å². The van der Waals surface area contributed by atoms with Crippen LogP contribution >= 0.6 is 15.9 Å². The predicted molar refractivity (Wildman–Crippen MR) is 102 cm³/mol. The third-order valence-electron chi connectivity index (χ3n) is 4.49. The third kappa shape index (κ3) is 4.63. The average Bonchev–Trinajstić information content (AvgIpc) is 2.91. The van der Waals surface area contributed by atoms with Gasteiger partial charge in [-0.25, -0.2) is 4.39 Å². The van der Waals surface area contributed by atoms with E-state index < -0.39 is 5.82 Å². The van der Waals surface area contributed by atoms with Crippen molar-refractivity contribution >= 4 is 27.7 Å². The van der Waals surface area contributed by atoms with Crippen LogP contribution in [0, 0.1) is 5.82 Å². The number of hydrogen-bond acceptors (Lipinski definition) is 3. The Hall–Kier alpha value is -2.48. The number of aromatic nitrogens is 1. The van der Waals surface area contributed by atoms with Crippen molar-refractivity contribution in [2.24, 2.45) is 0 Å². The monoisotopic (exact) mass is 435 g/mol. The largest absolute Gasteiger partial charge is 0.339 e. The highest BCUT2D eigenvalue weighted by molar-refractivity contribution is 9.10. The molecule has 142 valence electrons. The maximum Gasteiger partial charge on any atom is 0.256 e. The van der Waals surface area contributed by atoms with Crippen LogP contribution in [-0.4, -0.2) is 52.4 Å². The summed E-state index contributed by atoms with van der Waals surface area (Å²) in [6, 6.07) is 8.91. The first-order valence-electron chi connectivity index (χ1n) is 8.63. The zero-order valence-electron chi connectivity index (χ0n) is 14.6. The minimum atomic E-state index is -0.547. The molecule has 2 aromatic rings. The molecule has 1 fully saturated rings. The molecule has 2 amide bonds. The number of pyridine rings is 1. The van der Waals surface area contributed by atoms with E-state index >= 15 is 0 Å². The number of amides is 2. The number of hydrogen-bond donors (Lipinski definition) is 0. The van der Waals surface area contributed by atoms with E-state index in [4.69, 9.17) is 0 Å². The van der Waals surface area contributed by atoms with Gasteiger partial charge < -0.3 is 14.4 Å². The zero-order valence-corrected chi connectivity index (χ0v) is 16.2. The first-order chi connectivity index (χ1) is 13.0. The lowest BCUT2D eigenvalue weighted by molar-refractivity contribution is -0.131. The molecule has 6 nitrogen and oxygen atoms in total. The highest BCUT2D eigenvalue weighted by Crippen LogP contribution is 2.13. The van der Waals surface area contributed by atoms with Crippen molar-refractivity contribution in [2.45, 2.75) is 13.0 Å². The second-order valence-electron chi connectivity index (χ2n) is 6.32. The van der Waals surface area contributed by atoms with E-state index in [1.807, 2.05) is 0 Å². The molecule has 0 bridgehead atoms. The van der Waals surface area contributed by atoms with Crippen LogP contribution in [0.15, 0.2) is 51.9 Å². The topological polar surface area (TPSA) is 62.6 Å². The Morgan fingerprint density at radius 3 is 2.48 bits per heavy atom. The van der Waals surface area contributed by atoms with Gasteiger partial charge in [0.25, 0.3) is 11.5 Å². The third-order valence-corrected chi connectivity index (χ3v) is 4.96. The van der Waals surface area contributed by atoms with Crippen molar-refractivity contribution in [1.82, 2.24) is 14.4 Å². The standard InChI is InChI=1S/C19H19BrFN3O3/c20-14-6-7-17(25)24(12-14)13-18(26)22-8-3-9-23(11-10-22)19(27)15-4-1-2-5-16(15)21/h1-2,4-7,12H,3,8-11,13H2. The maximum absolute atomic E-state index is 13.9. The van der Waals surface area contributed by atoms with Gasteiger partial charge in [-0.15, -0.1) is 0 Å². The Morgan fingerprint density at radius 1 is 1.00 bits per heavy atom. The molecule has 1 aliphatic rings. The number of benzene rings is 1. The Balaban J connectivity index is 1.65. The molecule has 1 aromatic heterocycles. The van der Waals surface area contributed by atoms with Gasteiger partial charge in [0, 0.05) is 42.9 Å². The van der Waals surface area contributed by atoms with Crippen LogP contribution in [0.25, 0.3) is 0 Å². The van der Waals surface area contributed by atoms with Gasteiger partial charge >= 0.3 is 0 Å². The molecule has 0 unspecified atom stereocenters. The van der Waals surface area contributed by atoms with Crippen molar-refractivity contribution in [3.05, 3.63) is 68.8 Å². The lowest BCUT2D eigenvalue weighted by Gasteiger charge is -2.22. The molecular formula is C19H19BrFN3O3. The number of carbonyl (C=O) groups is 2. The summed E-state index contributed by atoms with van der Waals surface area (Å²) >= 11 is 3.29. The van der Waals surface area contributed by atoms with Crippen LogP contribution in [0.1, 0.15) is 16.8 Å². The van der Waals surface area contributed by atoms with Gasteiger partial charge in [-0.05, 0) is 40.5 Å². The quantitative estimate of drug-likeness (QED) is 0.741. The van der Waals surface area contributed by atoms with Crippen LogP contribution in [0.5, 0.6) is 0 Å². The smallest absolute Gasteiger partial charge is 0.256 e. The molecule has 0 radical (unpaired) electrons. The Kier molecular flexibility index (Phi) is 6.05. The molecule has 2 heterocycles. The van der Waals surface area contributed by atoms with Gasteiger partial charge in [0.15, 0.2) is 0 Å². The molecule has 1 aromatic carbocycles. The van der Waals surface area contributed by atoms with Gasteiger partial charge in [0.05, 0.1) is 5.56 Å². The van der Waals surface area contributed by atoms with E-state index in [0.717, 1.165) is 0 Å². The number of carbonyl (C=O) groups excluding carboxylic acids is 2. The first kappa shape index (κ1) is 19.3. The van der Waals surface area contributed by atoms with Crippen LogP contribution in [0.2, 0.25) is 0 Å². The van der Waals surface area contributed by atoms with Gasteiger partial charge in [0.1, 0.15) is 12.4 Å². The molecule has 1 aliphatic heterocycles. The molecule has 0 atom stereocenters. The summed E-state index contributed by atoms with van der Waals surface area (Å²) in [5, 5.41) is 0. The molecule has 3 rings (SSSR count). The summed E-state index contributed by atoms with van der Waals surface area (Å²) in [7, 11) is 0. The van der Waals surface area contributed by atoms with Crippen LogP contribution in [0.4, 0.5) is 4.39 Å². The Labute approximate surface area is 164 Å². The summed E-state index contributed by atoms with van der Waals surface area (Å²) in [6.07, 6.45) is 2.17. The molecule has 0 aliphatic carbocycles. The fraction of sp³-hybridized carbons (Fsp3) is 0.316. The first-order valence-corrected chi connectivity index (χ1v) is 9.42. The van der Waals surface area contributed by atoms with Crippen LogP contribution in [-0.2, 0) is 11.3 Å². The average molecular weight is 436 g/mol. The Bertz CT molecular complexity index is 915. The van der Waals surface area contributed by atoms with E-state index in [-0.39, 0.29) is 29.5 Å². The van der Waals surface area contributed by atoms with E-state index in [2.05, 4.69) is 15.9 Å². The Morgan fingerprint density at radius 2 is 1.70 bits per heavy atom. The van der Waals surface area contributed by atoms with Crippen molar-refractivity contribution in [3.63, 3.8) is 0 Å². The summed E-state index contributed by atoms with van der Waals surface area (Å²) in [6.45, 7) is 1.56. The van der Waals surface area contributed by atoms with E-state index in [9.17, 15) is 18.8 Å². The van der Waals surface area contributed by atoms with Gasteiger partial charge in [0.2, 0.25) is 5.91 Å². The molecule has 1 saturated heterocycles. The van der Waals surface area contributed by atoms with Gasteiger partial charge in [-0.3, -0.25) is 14.4 Å². The minimum absolute atomic E-state index is 0.0398. The van der Waals surface area contributed by atoms with E-state index in [0.29, 0.717) is 37.1 Å². The van der Waals surface area contributed by atoms with Crippen molar-refractivity contribution in [2.75, 3.05) is 26.2 Å². The molecule has 8 heteroatoms. The van der Waals surface area contributed by atoms with Gasteiger partial charge in [-0.2, -0.15) is 0 Å². The van der Waals surface area contributed by atoms with E-state index in [1.165, 1.54) is 22.8 Å². The second-order valence-corrected chi connectivity index (χ2v) is 7.24. The highest BCUT2D eigenvalue weighted by atomic mass is 79.9. The summed E-state index contributed by atoms with van der Waals surface area (Å²) < 4.78 is 15.9. The number of rotatable bonds is 3. The fourth-order valence-electron chi connectivity index (χ4n) is 3.05. The normalized spacial score (nSPS) is 14.7. The van der Waals surface area contributed by atoms with Crippen molar-refractivity contribution in [3.8, 4) is 0 Å². The molecule has 0 spiro atoms. The highest BCUT2D eigenvalue weighted by Gasteiger charge is 2.24. The lowest BCUT2D eigenvalue weighted by atomic mass is 10.2. The number of halogens is 2. The van der Waals surface area contributed by atoms with Crippen LogP contribution in [0.3, 0.4) is 0 Å². The van der Waals surface area contributed by atoms with Crippen LogP contribution < -0.4 is 5.56 Å². The lowest BCUT2D eigenvalue weighted by Crippen LogP contribution is -2.40. The van der Waals surface area contributed by atoms with Crippen molar-refractivity contribution in [1.29, 1.82) is 0 Å². The molecule has 27 heavy (non-hydrogen) atoms. The summed E-state index contributed by atoms with van der Waals surface area (Å²) in [4.78, 5) is 40.2. The molecule has 0 N–H and O–H groups in total. The predicted octanol–water partition coefficient (Wildman–Crippen LogP) is 2.12.